The zero-order valence-corrected chi connectivity index (χ0v) is 13.5. The van der Waals surface area contributed by atoms with Crippen LogP contribution in [0.4, 0.5) is 4.79 Å². The second-order valence-corrected chi connectivity index (χ2v) is 6.07. The van der Waals surface area contributed by atoms with Crippen molar-refractivity contribution in [2.24, 2.45) is 0 Å². The Morgan fingerprint density at radius 2 is 1.95 bits per heavy atom. The Labute approximate surface area is 128 Å². The molecule has 20 heavy (non-hydrogen) atoms. The van der Waals surface area contributed by atoms with Crippen LogP contribution in [0.1, 0.15) is 19.5 Å². The molecule has 0 aromatic carbocycles. The number of rotatable bonds is 4. The van der Waals surface area contributed by atoms with Crippen molar-refractivity contribution in [2.45, 2.75) is 20.4 Å². The summed E-state index contributed by atoms with van der Waals surface area (Å²) in [6, 6.07) is 0.142. The van der Waals surface area contributed by atoms with E-state index in [9.17, 15) is 4.79 Å². The Kier molecular flexibility index (Phi) is 5.56. The molecule has 0 bridgehead atoms. The topological polar surface area (TPSA) is 52.6 Å². The highest BCUT2D eigenvalue weighted by atomic mass is 35.5. The molecule has 6 nitrogen and oxygen atoms in total. The fourth-order valence-corrected chi connectivity index (χ4v) is 2.91. The molecular formula is C12H20ClN5OS. The van der Waals surface area contributed by atoms with E-state index in [1.54, 1.807) is 0 Å². The number of amides is 2. The second kappa shape index (κ2) is 7.19. The number of carbonyl (C=O) groups is 1. The Balaban J connectivity index is 1.83. The molecule has 2 rings (SSSR count). The van der Waals surface area contributed by atoms with Gasteiger partial charge in [-0.15, -0.1) is 5.10 Å². The third-order valence-corrected chi connectivity index (χ3v) is 4.54. The first kappa shape index (κ1) is 15.5. The van der Waals surface area contributed by atoms with Gasteiger partial charge in [0.05, 0.1) is 0 Å². The van der Waals surface area contributed by atoms with E-state index < -0.39 is 0 Å². The van der Waals surface area contributed by atoms with E-state index in [0.717, 1.165) is 45.0 Å². The Hall–Kier alpha value is -0.920. The normalized spacial score (nSPS) is 16.4. The van der Waals surface area contributed by atoms with Crippen LogP contribution < -0.4 is 0 Å². The van der Waals surface area contributed by atoms with E-state index in [-0.39, 0.29) is 6.03 Å². The van der Waals surface area contributed by atoms with Crippen molar-refractivity contribution in [1.82, 2.24) is 24.3 Å². The molecule has 0 radical (unpaired) electrons. The number of hydrogen-bond donors (Lipinski definition) is 0. The zero-order valence-electron chi connectivity index (χ0n) is 11.9. The minimum Gasteiger partial charge on any atom is -0.325 e. The summed E-state index contributed by atoms with van der Waals surface area (Å²) in [6.45, 7) is 9.45. The minimum absolute atomic E-state index is 0.142. The predicted molar refractivity (Wildman–Crippen MR) is 80.1 cm³/mol. The molecule has 0 unspecified atom stereocenters. The molecule has 0 N–H and O–H groups in total. The lowest BCUT2D eigenvalue weighted by molar-refractivity contribution is 0.111. The Morgan fingerprint density at radius 3 is 2.45 bits per heavy atom. The highest BCUT2D eigenvalue weighted by molar-refractivity contribution is 7.10. The van der Waals surface area contributed by atoms with Gasteiger partial charge in [-0.25, -0.2) is 4.79 Å². The Bertz CT molecular complexity index is 443. The van der Waals surface area contributed by atoms with Crippen LogP contribution in [0.3, 0.4) is 0 Å². The van der Waals surface area contributed by atoms with Crippen molar-refractivity contribution < 1.29 is 4.79 Å². The van der Waals surface area contributed by atoms with Gasteiger partial charge in [0.2, 0.25) is 0 Å². The number of nitrogens with zero attached hydrogens (tertiary/aromatic N) is 5. The van der Waals surface area contributed by atoms with Gasteiger partial charge in [-0.1, -0.05) is 16.1 Å². The molecule has 2 heterocycles. The smallest absolute Gasteiger partial charge is 0.320 e. The summed E-state index contributed by atoms with van der Waals surface area (Å²) in [5.41, 5.74) is 0.834. The van der Waals surface area contributed by atoms with E-state index in [0.29, 0.717) is 10.9 Å². The van der Waals surface area contributed by atoms with Gasteiger partial charge in [0.15, 0.2) is 0 Å². The van der Waals surface area contributed by atoms with E-state index >= 15 is 0 Å². The molecule has 0 aliphatic carbocycles. The second-order valence-electron chi connectivity index (χ2n) is 4.71. The first-order valence-corrected chi connectivity index (χ1v) is 8.03. The van der Waals surface area contributed by atoms with Crippen LogP contribution in [0.2, 0.25) is 4.34 Å². The molecule has 112 valence electrons. The lowest BCUT2D eigenvalue weighted by Gasteiger charge is -2.36. The quantitative estimate of drug-likeness (QED) is 0.849. The molecule has 1 aromatic rings. The SMILES string of the molecule is CCN(CC)C(=O)N1CCN(Cc2nnsc2Cl)CC1. The maximum Gasteiger partial charge on any atom is 0.320 e. The highest BCUT2D eigenvalue weighted by Gasteiger charge is 2.24. The van der Waals surface area contributed by atoms with E-state index in [2.05, 4.69) is 14.5 Å². The molecule has 0 spiro atoms. The number of carbonyl (C=O) groups excluding carboxylic acids is 1. The summed E-state index contributed by atoms with van der Waals surface area (Å²) in [6.07, 6.45) is 0. The number of aromatic nitrogens is 2. The summed E-state index contributed by atoms with van der Waals surface area (Å²) in [5, 5.41) is 4.02. The first-order chi connectivity index (χ1) is 9.65. The van der Waals surface area contributed by atoms with Crippen molar-refractivity contribution in [3.63, 3.8) is 0 Å². The van der Waals surface area contributed by atoms with Crippen LogP contribution >= 0.6 is 23.1 Å². The fraction of sp³-hybridized carbons (Fsp3) is 0.750. The summed E-state index contributed by atoms with van der Waals surface area (Å²) >= 11 is 7.23. The molecule has 0 atom stereocenters. The van der Waals surface area contributed by atoms with Crippen LogP contribution in [0.5, 0.6) is 0 Å². The van der Waals surface area contributed by atoms with Crippen LogP contribution in [0.25, 0.3) is 0 Å². The van der Waals surface area contributed by atoms with E-state index in [4.69, 9.17) is 11.6 Å². The Morgan fingerprint density at radius 1 is 1.30 bits per heavy atom. The van der Waals surface area contributed by atoms with Crippen LogP contribution in [-0.4, -0.2) is 69.6 Å². The summed E-state index contributed by atoms with van der Waals surface area (Å²) < 4.78 is 4.50. The lowest BCUT2D eigenvalue weighted by atomic mass is 10.3. The van der Waals surface area contributed by atoms with Gasteiger partial charge >= 0.3 is 6.03 Å². The van der Waals surface area contributed by atoms with Gasteiger partial charge in [0.1, 0.15) is 10.0 Å². The highest BCUT2D eigenvalue weighted by Crippen LogP contribution is 2.19. The number of halogens is 1. The average molecular weight is 318 g/mol. The van der Waals surface area contributed by atoms with Gasteiger partial charge in [0, 0.05) is 57.3 Å². The van der Waals surface area contributed by atoms with Gasteiger partial charge < -0.3 is 9.80 Å². The summed E-state index contributed by atoms with van der Waals surface area (Å²) in [7, 11) is 0. The summed E-state index contributed by atoms with van der Waals surface area (Å²) in [5.74, 6) is 0. The fourth-order valence-electron chi connectivity index (χ4n) is 2.29. The average Bonchev–Trinajstić information content (AvgIpc) is 2.86. The number of urea groups is 1. The number of piperazine rings is 1. The minimum atomic E-state index is 0.142. The van der Waals surface area contributed by atoms with Crippen molar-refractivity contribution in [3.05, 3.63) is 10.0 Å². The van der Waals surface area contributed by atoms with Crippen molar-refractivity contribution in [3.8, 4) is 0 Å². The van der Waals surface area contributed by atoms with Crippen LogP contribution in [0, 0.1) is 0 Å². The maximum absolute atomic E-state index is 12.2. The van der Waals surface area contributed by atoms with Crippen molar-refractivity contribution >= 4 is 29.2 Å². The predicted octanol–water partition coefficient (Wildman–Crippen LogP) is 1.77. The molecule has 1 saturated heterocycles. The van der Waals surface area contributed by atoms with Gasteiger partial charge in [-0.3, -0.25) is 4.90 Å². The van der Waals surface area contributed by atoms with Gasteiger partial charge in [0.25, 0.3) is 0 Å². The van der Waals surface area contributed by atoms with E-state index in [1.807, 2.05) is 23.6 Å². The van der Waals surface area contributed by atoms with Crippen molar-refractivity contribution in [1.29, 1.82) is 0 Å². The molecule has 1 aliphatic rings. The molecular weight excluding hydrogens is 298 g/mol. The van der Waals surface area contributed by atoms with Crippen molar-refractivity contribution in [2.75, 3.05) is 39.3 Å². The van der Waals surface area contributed by atoms with Gasteiger partial charge in [-0.2, -0.15) is 0 Å². The molecule has 2 amide bonds. The molecule has 1 aliphatic heterocycles. The third-order valence-electron chi connectivity index (χ3n) is 3.56. The number of hydrogen-bond acceptors (Lipinski definition) is 5. The molecule has 8 heteroatoms. The van der Waals surface area contributed by atoms with Gasteiger partial charge in [-0.05, 0) is 13.8 Å². The largest absolute Gasteiger partial charge is 0.325 e. The maximum atomic E-state index is 12.2. The molecule has 1 fully saturated rings. The molecule has 1 aromatic heterocycles. The standard InChI is InChI=1S/C12H20ClN5OS/c1-3-17(4-2)12(19)18-7-5-16(6-8-18)9-10-11(13)20-15-14-10/h3-9H2,1-2H3. The monoisotopic (exact) mass is 317 g/mol. The van der Waals surface area contributed by atoms with Crippen LogP contribution in [-0.2, 0) is 6.54 Å². The molecule has 0 saturated carbocycles. The summed E-state index contributed by atoms with van der Waals surface area (Å²) in [4.78, 5) is 18.3. The lowest BCUT2D eigenvalue weighted by Crippen LogP contribution is -2.52. The first-order valence-electron chi connectivity index (χ1n) is 6.88. The third kappa shape index (κ3) is 3.59. The van der Waals surface area contributed by atoms with Crippen LogP contribution in [0.15, 0.2) is 0 Å². The zero-order chi connectivity index (χ0) is 14.5. The van der Waals surface area contributed by atoms with E-state index in [1.165, 1.54) is 11.5 Å².